The number of carbonyl (C=O) groups is 2. The molecule has 0 bridgehead atoms. The number of rotatable bonds is 8. The minimum atomic E-state index is -0.466. The van der Waals surface area contributed by atoms with E-state index < -0.39 is 6.10 Å². The monoisotopic (exact) mass is 418 g/mol. The summed E-state index contributed by atoms with van der Waals surface area (Å²) in [6, 6.07) is 0. The zero-order valence-corrected chi connectivity index (χ0v) is 20.2. The van der Waals surface area contributed by atoms with Gasteiger partial charge in [-0.1, -0.05) is 53.9 Å². The largest absolute Gasteiger partial charge is 0.393 e. The predicted molar refractivity (Wildman–Crippen MR) is 122 cm³/mol. The summed E-state index contributed by atoms with van der Waals surface area (Å²) in [5.74, 6) is 3.71. The fraction of sp³-hybridized carbons (Fsp3) is 0.926. The molecule has 4 unspecified atom stereocenters. The van der Waals surface area contributed by atoms with E-state index in [9.17, 15) is 14.7 Å². The van der Waals surface area contributed by atoms with Crippen molar-refractivity contribution in [1.29, 1.82) is 0 Å². The highest BCUT2D eigenvalue weighted by atomic mass is 16.3. The normalized spacial score (nSPS) is 42.9. The average molecular weight is 419 g/mol. The van der Waals surface area contributed by atoms with Crippen LogP contribution in [0.25, 0.3) is 0 Å². The molecule has 3 saturated carbocycles. The molecule has 0 amide bonds. The summed E-state index contributed by atoms with van der Waals surface area (Å²) in [7, 11) is 0. The molecular weight excluding hydrogens is 372 g/mol. The number of Topliss-reactive ketones (excluding diaryl/α,β-unsaturated/α-hetero) is 1. The molecule has 0 aromatic rings. The molecule has 3 aliphatic rings. The molecule has 3 aliphatic carbocycles. The van der Waals surface area contributed by atoms with E-state index >= 15 is 0 Å². The van der Waals surface area contributed by atoms with Crippen molar-refractivity contribution in [3.8, 4) is 0 Å². The predicted octanol–water partition coefficient (Wildman–Crippen LogP) is 6.22. The van der Waals surface area contributed by atoms with Crippen LogP contribution in [0.3, 0.4) is 0 Å². The lowest BCUT2D eigenvalue weighted by atomic mass is 9.49. The second-order valence-corrected chi connectivity index (χ2v) is 12.0. The van der Waals surface area contributed by atoms with Crippen molar-refractivity contribution in [2.75, 3.05) is 0 Å². The van der Waals surface area contributed by atoms with Crippen LogP contribution in [-0.4, -0.2) is 23.3 Å². The van der Waals surface area contributed by atoms with Gasteiger partial charge in [0.1, 0.15) is 12.1 Å². The second kappa shape index (κ2) is 9.43. The van der Waals surface area contributed by atoms with Crippen LogP contribution in [-0.2, 0) is 9.59 Å². The molecule has 0 spiro atoms. The van der Waals surface area contributed by atoms with E-state index in [1.54, 1.807) is 0 Å². The first-order valence-electron chi connectivity index (χ1n) is 12.8. The number of fused-ring (bicyclic) bond motifs is 1. The third kappa shape index (κ3) is 4.43. The van der Waals surface area contributed by atoms with Gasteiger partial charge >= 0.3 is 0 Å². The Labute approximate surface area is 184 Å². The molecule has 1 N–H and O–H groups in total. The highest BCUT2D eigenvalue weighted by molar-refractivity contribution is 5.86. The van der Waals surface area contributed by atoms with Crippen molar-refractivity contribution in [3.05, 3.63) is 0 Å². The first-order chi connectivity index (χ1) is 14.1. The van der Waals surface area contributed by atoms with Crippen molar-refractivity contribution >= 4 is 12.1 Å². The maximum Gasteiger partial charge on any atom is 0.141 e. The minimum absolute atomic E-state index is 0.238. The Morgan fingerprint density at radius 3 is 2.40 bits per heavy atom. The summed E-state index contributed by atoms with van der Waals surface area (Å²) < 4.78 is 0. The van der Waals surface area contributed by atoms with Crippen LogP contribution < -0.4 is 0 Å². The Kier molecular flexibility index (Phi) is 7.53. The van der Waals surface area contributed by atoms with E-state index in [1.165, 1.54) is 38.5 Å². The van der Waals surface area contributed by atoms with Crippen LogP contribution in [0, 0.1) is 46.3 Å². The van der Waals surface area contributed by atoms with E-state index in [-0.39, 0.29) is 11.2 Å². The molecule has 0 saturated heterocycles. The number of ketones is 1. The van der Waals surface area contributed by atoms with Crippen LogP contribution in [0.15, 0.2) is 0 Å². The van der Waals surface area contributed by atoms with E-state index in [4.69, 9.17) is 0 Å². The average Bonchev–Trinajstić information content (AvgIpc) is 3.02. The van der Waals surface area contributed by atoms with Crippen LogP contribution >= 0.6 is 0 Å². The third-order valence-corrected chi connectivity index (χ3v) is 9.88. The van der Waals surface area contributed by atoms with Gasteiger partial charge in [-0.15, -0.1) is 0 Å². The lowest BCUT2D eigenvalue weighted by Crippen LogP contribution is -2.51. The molecule has 30 heavy (non-hydrogen) atoms. The van der Waals surface area contributed by atoms with E-state index in [2.05, 4.69) is 34.6 Å². The lowest BCUT2D eigenvalue weighted by molar-refractivity contribution is -0.146. The number of aliphatic hydroxyl groups excluding tert-OH is 1. The lowest BCUT2D eigenvalue weighted by Gasteiger charge is -2.54. The first-order valence-corrected chi connectivity index (χ1v) is 12.8. The molecule has 3 nitrogen and oxygen atoms in total. The molecule has 3 heteroatoms. The minimum Gasteiger partial charge on any atom is -0.393 e. The van der Waals surface area contributed by atoms with Gasteiger partial charge in [-0.2, -0.15) is 0 Å². The summed E-state index contributed by atoms with van der Waals surface area (Å²) in [6.45, 7) is 11.8. The molecule has 3 rings (SSSR count). The third-order valence-electron chi connectivity index (χ3n) is 9.88. The van der Waals surface area contributed by atoms with Gasteiger partial charge < -0.3 is 9.90 Å². The smallest absolute Gasteiger partial charge is 0.141 e. The Morgan fingerprint density at radius 2 is 1.77 bits per heavy atom. The highest BCUT2D eigenvalue weighted by Gasteiger charge is 2.58. The number of aldehydes is 1. The van der Waals surface area contributed by atoms with Gasteiger partial charge in [0, 0.05) is 18.3 Å². The van der Waals surface area contributed by atoms with Crippen LogP contribution in [0.1, 0.15) is 105 Å². The van der Waals surface area contributed by atoms with Gasteiger partial charge in [0.25, 0.3) is 0 Å². The molecule has 0 aliphatic heterocycles. The second-order valence-electron chi connectivity index (χ2n) is 12.0. The van der Waals surface area contributed by atoms with Crippen molar-refractivity contribution in [1.82, 2.24) is 0 Å². The number of hydrogen-bond donors (Lipinski definition) is 1. The maximum absolute atomic E-state index is 13.0. The molecule has 0 heterocycles. The van der Waals surface area contributed by atoms with E-state index in [0.717, 1.165) is 43.3 Å². The van der Waals surface area contributed by atoms with Gasteiger partial charge in [-0.3, -0.25) is 4.79 Å². The van der Waals surface area contributed by atoms with Crippen LogP contribution in [0.5, 0.6) is 0 Å². The van der Waals surface area contributed by atoms with Crippen LogP contribution in [0.2, 0.25) is 0 Å². The number of carbonyl (C=O) groups excluding carboxylic acids is 2. The molecular formula is C27H46O3. The van der Waals surface area contributed by atoms with E-state index in [0.29, 0.717) is 36.0 Å². The fourth-order valence-electron chi connectivity index (χ4n) is 8.09. The molecule has 0 aromatic carbocycles. The van der Waals surface area contributed by atoms with Crippen molar-refractivity contribution in [3.63, 3.8) is 0 Å². The van der Waals surface area contributed by atoms with E-state index in [1.807, 2.05) is 0 Å². The highest BCUT2D eigenvalue weighted by Crippen LogP contribution is 2.64. The number of aliphatic hydroxyl groups is 1. The summed E-state index contributed by atoms with van der Waals surface area (Å²) in [6.07, 6.45) is 11.8. The van der Waals surface area contributed by atoms with Gasteiger partial charge in [-0.25, -0.2) is 0 Å². The fourth-order valence-corrected chi connectivity index (χ4v) is 8.09. The van der Waals surface area contributed by atoms with Gasteiger partial charge in [0.15, 0.2) is 0 Å². The first kappa shape index (κ1) is 24.0. The van der Waals surface area contributed by atoms with Crippen molar-refractivity contribution < 1.29 is 14.7 Å². The standard InChI is InChI=1S/C27H46O3/c1-18(2)7-6-8-19(3)22-9-10-23-21(13-16-28)24(12-15-26(22,23)4)27(5)14-11-20(29)17-25(27)30/h16,18-24,29H,6-15,17H2,1-5H3/t19-,20+,21?,22-,23?,24?,26-,27?/m1/s1. The molecule has 172 valence electrons. The quantitative estimate of drug-likeness (QED) is 0.476. The summed E-state index contributed by atoms with van der Waals surface area (Å²) in [5.41, 5.74) is -0.0375. The van der Waals surface area contributed by atoms with Crippen LogP contribution in [0.4, 0.5) is 0 Å². The topological polar surface area (TPSA) is 54.4 Å². The Balaban J connectivity index is 1.77. The molecule has 3 fully saturated rings. The van der Waals surface area contributed by atoms with Gasteiger partial charge in [-0.05, 0) is 79.4 Å². The molecule has 0 radical (unpaired) electrons. The van der Waals surface area contributed by atoms with Gasteiger partial charge in [0.2, 0.25) is 0 Å². The maximum atomic E-state index is 13.0. The SMILES string of the molecule is CC(C)CCC[C@@H](C)[C@H]1CCC2C(CC=O)C(C3(C)CC[C@H](O)CC3=O)CC[C@@]21C. The number of hydrogen-bond acceptors (Lipinski definition) is 3. The van der Waals surface area contributed by atoms with Gasteiger partial charge in [0.05, 0.1) is 6.10 Å². The van der Waals surface area contributed by atoms with Crippen molar-refractivity contribution in [2.45, 2.75) is 111 Å². The Bertz CT molecular complexity index is 613. The molecule has 0 aromatic heterocycles. The Morgan fingerprint density at radius 1 is 1.03 bits per heavy atom. The Hall–Kier alpha value is -0.700. The zero-order valence-electron chi connectivity index (χ0n) is 20.2. The zero-order chi connectivity index (χ0) is 22.1. The van der Waals surface area contributed by atoms with Crippen molar-refractivity contribution in [2.24, 2.45) is 46.3 Å². The summed E-state index contributed by atoms with van der Waals surface area (Å²) in [5, 5.41) is 9.99. The summed E-state index contributed by atoms with van der Waals surface area (Å²) in [4.78, 5) is 24.8. The summed E-state index contributed by atoms with van der Waals surface area (Å²) >= 11 is 0. The molecule has 8 atom stereocenters.